The molecule has 0 aromatic carbocycles. The van der Waals surface area contributed by atoms with Gasteiger partial charge in [0.05, 0.1) is 5.69 Å². The van der Waals surface area contributed by atoms with Crippen molar-refractivity contribution in [3.05, 3.63) is 17.8 Å². The first kappa shape index (κ1) is 9.31. The molecule has 0 saturated carbocycles. The number of hydrogen-bond acceptors (Lipinski definition) is 3. The molecule has 1 N–H and O–H groups in total. The molecule has 1 aliphatic rings. The molecule has 0 radical (unpaired) electrons. The fraction of sp³-hybridized carbons (Fsp3) is 0.545. The quantitative estimate of drug-likeness (QED) is 0.736. The minimum Gasteiger partial charge on any atom is -0.380 e. The van der Waals surface area contributed by atoms with E-state index in [-0.39, 0.29) is 0 Å². The van der Waals surface area contributed by atoms with Crippen LogP contribution >= 0.6 is 0 Å². The van der Waals surface area contributed by atoms with Crippen molar-refractivity contribution in [3.8, 4) is 0 Å². The zero-order valence-electron chi connectivity index (χ0n) is 9.04. The molecule has 0 aliphatic carbocycles. The highest BCUT2D eigenvalue weighted by atomic mass is 15.2. The Hall–Kier alpha value is -1.25. The molecule has 3 heteroatoms. The minimum atomic E-state index is 0.566. The molecule has 1 aromatic heterocycles. The highest BCUT2D eigenvalue weighted by Crippen LogP contribution is 2.28. The van der Waals surface area contributed by atoms with E-state index in [0.717, 1.165) is 30.2 Å². The number of anilines is 2. The highest BCUT2D eigenvalue weighted by molar-refractivity contribution is 5.68. The third-order valence-electron chi connectivity index (χ3n) is 2.90. The zero-order valence-corrected chi connectivity index (χ0v) is 9.04. The van der Waals surface area contributed by atoms with Crippen LogP contribution in [0.2, 0.25) is 0 Å². The second-order valence-corrected chi connectivity index (χ2v) is 3.88. The third kappa shape index (κ3) is 1.43. The maximum atomic E-state index is 4.56. The highest BCUT2D eigenvalue weighted by Gasteiger charge is 2.22. The minimum absolute atomic E-state index is 0.566. The summed E-state index contributed by atoms with van der Waals surface area (Å²) in [6.45, 7) is 5.26. The predicted octanol–water partition coefficient (Wildman–Crippen LogP) is 2.03. The molecule has 76 valence electrons. The van der Waals surface area contributed by atoms with Gasteiger partial charge in [-0.1, -0.05) is 6.92 Å². The standard InChI is InChI=1S/C11H17N3/c1-4-9-7-12-10-6-5-8(2)13-11(10)14(9)3/h5-6,9,12H,4,7H2,1-3H3. The van der Waals surface area contributed by atoms with Crippen LogP contribution < -0.4 is 10.2 Å². The van der Waals surface area contributed by atoms with Gasteiger partial charge in [-0.2, -0.15) is 0 Å². The van der Waals surface area contributed by atoms with E-state index in [1.165, 1.54) is 0 Å². The van der Waals surface area contributed by atoms with Crippen LogP contribution in [0.3, 0.4) is 0 Å². The zero-order chi connectivity index (χ0) is 10.1. The summed E-state index contributed by atoms with van der Waals surface area (Å²) in [4.78, 5) is 6.83. The number of nitrogens with one attached hydrogen (secondary N) is 1. The van der Waals surface area contributed by atoms with Gasteiger partial charge in [0, 0.05) is 25.3 Å². The number of aryl methyl sites for hydroxylation is 1. The van der Waals surface area contributed by atoms with Crippen molar-refractivity contribution in [2.45, 2.75) is 26.3 Å². The fourth-order valence-corrected chi connectivity index (χ4v) is 1.91. The monoisotopic (exact) mass is 191 g/mol. The van der Waals surface area contributed by atoms with E-state index in [1.807, 2.05) is 13.0 Å². The van der Waals surface area contributed by atoms with Crippen LogP contribution in [0.15, 0.2) is 12.1 Å². The van der Waals surface area contributed by atoms with Gasteiger partial charge in [0.1, 0.15) is 0 Å². The van der Waals surface area contributed by atoms with Gasteiger partial charge in [-0.05, 0) is 25.5 Å². The Labute approximate surface area is 85.1 Å². The van der Waals surface area contributed by atoms with Gasteiger partial charge in [-0.25, -0.2) is 4.98 Å². The maximum Gasteiger partial charge on any atom is 0.152 e. The first-order valence-electron chi connectivity index (χ1n) is 5.16. The lowest BCUT2D eigenvalue weighted by Gasteiger charge is -2.35. The van der Waals surface area contributed by atoms with Crippen LogP contribution in [0.4, 0.5) is 11.5 Å². The van der Waals surface area contributed by atoms with Crippen LogP contribution in [-0.4, -0.2) is 24.6 Å². The van der Waals surface area contributed by atoms with Crippen molar-refractivity contribution in [2.24, 2.45) is 0 Å². The van der Waals surface area contributed by atoms with Crippen molar-refractivity contribution in [2.75, 3.05) is 23.8 Å². The summed E-state index contributed by atoms with van der Waals surface area (Å²) in [5, 5.41) is 3.42. The molecule has 14 heavy (non-hydrogen) atoms. The third-order valence-corrected chi connectivity index (χ3v) is 2.90. The molecule has 1 aliphatic heterocycles. The largest absolute Gasteiger partial charge is 0.380 e. The molecule has 1 atom stereocenters. The number of rotatable bonds is 1. The Morgan fingerprint density at radius 2 is 2.36 bits per heavy atom. The number of hydrogen-bond donors (Lipinski definition) is 1. The summed E-state index contributed by atoms with van der Waals surface area (Å²) >= 11 is 0. The lowest BCUT2D eigenvalue weighted by atomic mass is 10.1. The van der Waals surface area contributed by atoms with Crippen LogP contribution in [-0.2, 0) is 0 Å². The van der Waals surface area contributed by atoms with Crippen molar-refractivity contribution in [1.29, 1.82) is 0 Å². The number of pyridine rings is 1. The van der Waals surface area contributed by atoms with E-state index in [4.69, 9.17) is 0 Å². The van der Waals surface area contributed by atoms with Crippen LogP contribution in [0, 0.1) is 6.92 Å². The lowest BCUT2D eigenvalue weighted by Crippen LogP contribution is -2.41. The molecule has 1 aromatic rings. The van der Waals surface area contributed by atoms with Gasteiger partial charge < -0.3 is 10.2 Å². The van der Waals surface area contributed by atoms with Gasteiger partial charge in [0.15, 0.2) is 5.82 Å². The Bertz CT molecular complexity index is 335. The van der Waals surface area contributed by atoms with Gasteiger partial charge >= 0.3 is 0 Å². The molecule has 1 unspecified atom stereocenters. The fourth-order valence-electron chi connectivity index (χ4n) is 1.91. The van der Waals surface area contributed by atoms with E-state index in [9.17, 15) is 0 Å². The van der Waals surface area contributed by atoms with Crippen molar-refractivity contribution in [1.82, 2.24) is 4.98 Å². The summed E-state index contributed by atoms with van der Waals surface area (Å²) < 4.78 is 0. The molecular formula is C11H17N3. The Morgan fingerprint density at radius 3 is 3.07 bits per heavy atom. The van der Waals surface area contributed by atoms with Gasteiger partial charge in [-0.3, -0.25) is 0 Å². The van der Waals surface area contributed by atoms with Gasteiger partial charge in [0.2, 0.25) is 0 Å². The molecule has 0 saturated heterocycles. The van der Waals surface area contributed by atoms with Crippen LogP contribution in [0.1, 0.15) is 19.0 Å². The first-order chi connectivity index (χ1) is 6.72. The van der Waals surface area contributed by atoms with E-state index < -0.39 is 0 Å². The average Bonchev–Trinajstić information content (AvgIpc) is 2.20. The van der Waals surface area contributed by atoms with E-state index in [0.29, 0.717) is 6.04 Å². The maximum absolute atomic E-state index is 4.56. The topological polar surface area (TPSA) is 28.2 Å². The summed E-state index contributed by atoms with van der Waals surface area (Å²) in [7, 11) is 2.13. The smallest absolute Gasteiger partial charge is 0.152 e. The van der Waals surface area contributed by atoms with Crippen molar-refractivity contribution >= 4 is 11.5 Å². The Balaban J connectivity index is 2.38. The average molecular weight is 191 g/mol. The molecular weight excluding hydrogens is 174 g/mol. The summed E-state index contributed by atoms with van der Waals surface area (Å²) in [5.74, 6) is 1.09. The summed E-state index contributed by atoms with van der Waals surface area (Å²) in [6, 6.07) is 4.73. The molecule has 0 fully saturated rings. The molecule has 3 nitrogen and oxygen atoms in total. The van der Waals surface area contributed by atoms with E-state index in [1.54, 1.807) is 0 Å². The second-order valence-electron chi connectivity index (χ2n) is 3.88. The lowest BCUT2D eigenvalue weighted by molar-refractivity contribution is 0.615. The van der Waals surface area contributed by atoms with Crippen LogP contribution in [0.25, 0.3) is 0 Å². The number of fused-ring (bicyclic) bond motifs is 1. The number of nitrogens with zero attached hydrogens (tertiary/aromatic N) is 2. The van der Waals surface area contributed by atoms with Gasteiger partial charge in [-0.15, -0.1) is 0 Å². The Kier molecular flexibility index (Phi) is 2.32. The van der Waals surface area contributed by atoms with Gasteiger partial charge in [0.25, 0.3) is 0 Å². The van der Waals surface area contributed by atoms with E-state index in [2.05, 4.69) is 35.2 Å². The summed E-state index contributed by atoms with van der Waals surface area (Å²) in [6.07, 6.45) is 1.15. The number of likely N-dealkylation sites (N-methyl/N-ethyl adjacent to an activating group) is 1. The second kappa shape index (κ2) is 3.48. The first-order valence-corrected chi connectivity index (χ1v) is 5.16. The number of aromatic nitrogens is 1. The summed E-state index contributed by atoms with van der Waals surface area (Å²) in [5.41, 5.74) is 2.23. The molecule has 2 heterocycles. The molecule has 2 rings (SSSR count). The normalized spacial score (nSPS) is 20.2. The Morgan fingerprint density at radius 1 is 1.57 bits per heavy atom. The molecule has 0 spiro atoms. The predicted molar refractivity (Wildman–Crippen MR) is 59.9 cm³/mol. The van der Waals surface area contributed by atoms with Crippen molar-refractivity contribution < 1.29 is 0 Å². The van der Waals surface area contributed by atoms with E-state index >= 15 is 0 Å². The van der Waals surface area contributed by atoms with Crippen molar-refractivity contribution in [3.63, 3.8) is 0 Å². The van der Waals surface area contributed by atoms with Crippen LogP contribution in [0.5, 0.6) is 0 Å². The molecule has 0 amide bonds. The molecule has 0 bridgehead atoms. The SMILES string of the molecule is CCC1CNc2ccc(C)nc2N1C.